The summed E-state index contributed by atoms with van der Waals surface area (Å²) in [7, 11) is 0. The first-order valence-corrected chi connectivity index (χ1v) is 17.9. The third kappa shape index (κ3) is 3.74. The van der Waals surface area contributed by atoms with Crippen LogP contribution >= 0.6 is 0 Å². The predicted molar refractivity (Wildman–Crippen MR) is 215 cm³/mol. The lowest BCUT2D eigenvalue weighted by Gasteiger charge is -2.45. The summed E-state index contributed by atoms with van der Waals surface area (Å²) in [5.41, 5.74) is 17.7. The number of aromatic nitrogens is 1. The van der Waals surface area contributed by atoms with Gasteiger partial charge >= 0.3 is 6.85 Å². The third-order valence-corrected chi connectivity index (χ3v) is 11.5. The predicted octanol–water partition coefficient (Wildman–Crippen LogP) is 10.2. The van der Waals surface area contributed by atoms with Gasteiger partial charge in [0.1, 0.15) is 0 Å². The van der Waals surface area contributed by atoms with Crippen molar-refractivity contribution in [1.29, 1.82) is 0 Å². The van der Waals surface area contributed by atoms with E-state index in [-0.39, 0.29) is 12.3 Å². The van der Waals surface area contributed by atoms with Crippen molar-refractivity contribution in [3.63, 3.8) is 0 Å². The standard InChI is InChI=1S/C47H34BN3/c1-47(2)37-26-14-12-23-34(37)42-36-25-16-28-41-44(36)48(51(46(42)47)33-21-10-5-11-22-33)38-29-30-40(43-35-24-13-15-27-39(35)50(41)45(38)43)49(31-17-6-3-7-18-31)32-19-8-4-9-20-32/h3-30H,1-2H3. The highest BCUT2D eigenvalue weighted by Crippen LogP contribution is 2.54. The second kappa shape index (κ2) is 10.4. The number of fused-ring (bicyclic) bond motifs is 8. The van der Waals surface area contributed by atoms with Crippen LogP contribution in [0.2, 0.25) is 0 Å². The largest absolute Gasteiger partial charge is 0.379 e. The smallest absolute Gasteiger partial charge is 0.332 e. The monoisotopic (exact) mass is 651 g/mol. The number of benzene rings is 7. The number of hydrogen-bond donors (Lipinski definition) is 0. The van der Waals surface area contributed by atoms with Gasteiger partial charge in [0.25, 0.3) is 0 Å². The molecule has 0 unspecified atom stereocenters. The SMILES string of the molecule is CC1(C)C2=C(c3ccccc31)c1cccc3c1B(c1ccc(N(c4ccccc4)c4ccccc4)c4c5ccccc5n-3c14)N2c1ccccc1. The molecule has 0 spiro atoms. The van der Waals surface area contributed by atoms with Gasteiger partial charge in [0.15, 0.2) is 0 Å². The van der Waals surface area contributed by atoms with E-state index in [0.717, 1.165) is 11.4 Å². The van der Waals surface area contributed by atoms with Crippen LogP contribution in [0, 0.1) is 0 Å². The molecule has 0 N–H and O–H groups in total. The maximum Gasteiger partial charge on any atom is 0.332 e. The van der Waals surface area contributed by atoms with E-state index in [1.807, 2.05) is 0 Å². The van der Waals surface area contributed by atoms with E-state index in [9.17, 15) is 0 Å². The van der Waals surface area contributed by atoms with E-state index in [1.165, 1.54) is 77.8 Å². The van der Waals surface area contributed by atoms with Crippen molar-refractivity contribution in [3.8, 4) is 5.69 Å². The van der Waals surface area contributed by atoms with Crippen molar-refractivity contribution in [3.05, 3.63) is 192 Å². The van der Waals surface area contributed by atoms with Crippen LogP contribution in [0.1, 0.15) is 30.5 Å². The molecule has 1 aliphatic carbocycles. The highest BCUT2D eigenvalue weighted by atomic mass is 15.2. The molecule has 51 heavy (non-hydrogen) atoms. The topological polar surface area (TPSA) is 11.4 Å². The number of nitrogens with zero attached hydrogens (tertiary/aromatic N) is 3. The number of allylic oxidation sites excluding steroid dienone is 1. The first-order chi connectivity index (χ1) is 25.1. The van der Waals surface area contributed by atoms with Gasteiger partial charge in [-0.1, -0.05) is 129 Å². The van der Waals surface area contributed by atoms with Crippen molar-refractivity contribution in [2.75, 3.05) is 9.71 Å². The van der Waals surface area contributed by atoms with Crippen molar-refractivity contribution < 1.29 is 0 Å². The second-order valence-electron chi connectivity index (χ2n) is 14.5. The van der Waals surface area contributed by atoms with Crippen molar-refractivity contribution in [1.82, 2.24) is 4.57 Å². The van der Waals surface area contributed by atoms with Gasteiger partial charge in [0, 0.05) is 50.2 Å². The van der Waals surface area contributed by atoms with E-state index < -0.39 is 0 Å². The Morgan fingerprint density at radius 1 is 0.569 bits per heavy atom. The highest BCUT2D eigenvalue weighted by molar-refractivity contribution is 6.92. The van der Waals surface area contributed by atoms with Crippen molar-refractivity contribution >= 4 is 67.9 Å². The minimum Gasteiger partial charge on any atom is -0.379 e. The summed E-state index contributed by atoms with van der Waals surface area (Å²) in [5, 5.41) is 2.53. The summed E-state index contributed by atoms with van der Waals surface area (Å²) in [6.45, 7) is 4.81. The molecule has 3 nitrogen and oxygen atoms in total. The van der Waals surface area contributed by atoms with Crippen LogP contribution < -0.4 is 20.6 Å². The molecule has 0 bridgehead atoms. The lowest BCUT2D eigenvalue weighted by atomic mass is 9.43. The molecule has 3 aliphatic rings. The van der Waals surface area contributed by atoms with Gasteiger partial charge in [0.2, 0.25) is 0 Å². The van der Waals surface area contributed by atoms with Crippen molar-refractivity contribution in [2.24, 2.45) is 0 Å². The minimum atomic E-state index is -0.198. The molecular formula is C47H34BN3. The summed E-state index contributed by atoms with van der Waals surface area (Å²) < 4.78 is 2.56. The normalized spacial score (nSPS) is 14.9. The van der Waals surface area contributed by atoms with Gasteiger partial charge in [-0.15, -0.1) is 0 Å². The number of hydrogen-bond acceptors (Lipinski definition) is 2. The Morgan fingerprint density at radius 2 is 1.20 bits per heavy atom. The third-order valence-electron chi connectivity index (χ3n) is 11.5. The first kappa shape index (κ1) is 28.6. The van der Waals surface area contributed by atoms with Gasteiger partial charge < -0.3 is 14.3 Å². The van der Waals surface area contributed by atoms with E-state index in [4.69, 9.17) is 0 Å². The maximum atomic E-state index is 2.68. The van der Waals surface area contributed by atoms with Crippen LogP contribution in [-0.4, -0.2) is 11.4 Å². The van der Waals surface area contributed by atoms with Crippen LogP contribution in [0.3, 0.4) is 0 Å². The Balaban J connectivity index is 1.29. The fourth-order valence-corrected chi connectivity index (χ4v) is 9.52. The summed E-state index contributed by atoms with van der Waals surface area (Å²) in [4.78, 5) is 5.11. The minimum absolute atomic E-state index is 0.0128. The molecule has 0 amide bonds. The zero-order valence-corrected chi connectivity index (χ0v) is 28.6. The van der Waals surface area contributed by atoms with Crippen LogP contribution in [-0.2, 0) is 5.41 Å². The number of anilines is 4. The van der Waals surface area contributed by atoms with E-state index in [1.54, 1.807) is 0 Å². The van der Waals surface area contributed by atoms with Gasteiger partial charge in [0.05, 0.1) is 16.7 Å². The lowest BCUT2D eigenvalue weighted by molar-refractivity contribution is 0.630. The average Bonchev–Trinajstić information content (AvgIpc) is 3.65. The maximum absolute atomic E-state index is 2.68. The van der Waals surface area contributed by atoms with Gasteiger partial charge in [-0.2, -0.15) is 0 Å². The molecule has 0 radical (unpaired) electrons. The highest BCUT2D eigenvalue weighted by Gasteiger charge is 2.51. The quantitative estimate of drug-likeness (QED) is 0.176. The number of rotatable bonds is 4. The zero-order valence-electron chi connectivity index (χ0n) is 28.6. The molecule has 240 valence electrons. The molecule has 1 aromatic heterocycles. The average molecular weight is 652 g/mol. The Kier molecular flexibility index (Phi) is 5.82. The molecule has 0 fully saturated rings. The molecule has 0 saturated heterocycles. The summed E-state index contributed by atoms with van der Waals surface area (Å²) >= 11 is 0. The zero-order chi connectivity index (χ0) is 33.8. The summed E-state index contributed by atoms with van der Waals surface area (Å²) in [6, 6.07) is 62.5. The van der Waals surface area contributed by atoms with E-state index in [2.05, 4.69) is 198 Å². The molecule has 2 aliphatic heterocycles. The van der Waals surface area contributed by atoms with Crippen LogP contribution in [0.15, 0.2) is 176 Å². The molecule has 4 heteroatoms. The van der Waals surface area contributed by atoms with Crippen LogP contribution in [0.5, 0.6) is 0 Å². The van der Waals surface area contributed by atoms with Gasteiger partial charge in [-0.05, 0) is 82.2 Å². The van der Waals surface area contributed by atoms with Gasteiger partial charge in [-0.25, -0.2) is 0 Å². The van der Waals surface area contributed by atoms with E-state index >= 15 is 0 Å². The summed E-state index contributed by atoms with van der Waals surface area (Å²) in [6.07, 6.45) is 0. The van der Waals surface area contributed by atoms with Gasteiger partial charge in [-0.3, -0.25) is 0 Å². The Morgan fingerprint density at radius 3 is 1.94 bits per heavy atom. The molecular weight excluding hydrogens is 617 g/mol. The van der Waals surface area contributed by atoms with Crippen LogP contribution in [0.25, 0.3) is 33.1 Å². The van der Waals surface area contributed by atoms with E-state index in [0.29, 0.717) is 0 Å². The van der Waals surface area contributed by atoms with Crippen LogP contribution in [0.4, 0.5) is 22.7 Å². The Bertz CT molecular complexity index is 2690. The Labute approximate surface area is 298 Å². The summed E-state index contributed by atoms with van der Waals surface area (Å²) in [5.74, 6) is 0. The molecule has 7 aromatic carbocycles. The first-order valence-electron chi connectivity index (χ1n) is 17.9. The lowest BCUT2D eigenvalue weighted by Crippen LogP contribution is -2.63. The second-order valence-corrected chi connectivity index (χ2v) is 14.5. The molecule has 3 heterocycles. The molecule has 11 rings (SSSR count). The number of para-hydroxylation sites is 4. The molecule has 8 aromatic rings. The fraction of sp³-hybridized carbons (Fsp3) is 0.0638. The fourth-order valence-electron chi connectivity index (χ4n) is 9.52. The molecule has 0 atom stereocenters. The molecule has 0 saturated carbocycles. The Hall–Kier alpha value is -6.26. The van der Waals surface area contributed by atoms with Crippen molar-refractivity contribution in [2.45, 2.75) is 19.3 Å².